The molecule has 0 aliphatic rings. The molecule has 0 heterocycles. The summed E-state index contributed by atoms with van der Waals surface area (Å²) in [5.41, 5.74) is -4.82. The van der Waals surface area contributed by atoms with Gasteiger partial charge >= 0.3 is 11.7 Å². The molecule has 0 saturated carbocycles. The van der Waals surface area contributed by atoms with Gasteiger partial charge in [0.1, 0.15) is 0 Å². The molecule has 0 amide bonds. The van der Waals surface area contributed by atoms with Crippen LogP contribution in [0.1, 0.15) is 0 Å². The van der Waals surface area contributed by atoms with E-state index in [1.807, 2.05) is 0 Å². The van der Waals surface area contributed by atoms with Crippen molar-refractivity contribution < 1.29 is 30.7 Å². The number of rotatable bonds is 2. The van der Waals surface area contributed by atoms with Crippen LogP contribution in [-0.4, -0.2) is 23.6 Å². The highest BCUT2D eigenvalue weighted by Gasteiger charge is 2.42. The van der Waals surface area contributed by atoms with Crippen molar-refractivity contribution in [1.82, 2.24) is 0 Å². The second-order valence-electron chi connectivity index (χ2n) is 1.77. The van der Waals surface area contributed by atoms with Gasteiger partial charge in [0, 0.05) is 5.75 Å². The number of alkyl halides is 7. The average molecular weight is 216 g/mol. The van der Waals surface area contributed by atoms with Crippen LogP contribution in [0.2, 0.25) is 0 Å². The Balaban J connectivity index is 3.80. The Bertz CT molecular complexity index is 135. The molecular weight excluding hydrogens is 213 g/mol. The summed E-state index contributed by atoms with van der Waals surface area (Å²) in [5, 5.41) is 0. The zero-order valence-electron chi connectivity index (χ0n) is 5.34. The summed E-state index contributed by atoms with van der Waals surface area (Å²) in [5.74, 6) is -1.65. The summed E-state index contributed by atoms with van der Waals surface area (Å²) in [4.78, 5) is 0. The van der Waals surface area contributed by atoms with Crippen LogP contribution >= 0.6 is 11.8 Å². The first-order valence-corrected chi connectivity index (χ1v) is 3.53. The molecular formula is C4H3F7S. The standard InChI is InChI=1S/C4H3F7S/c5-2(3(6,7)8)1-12-4(9,10)11/h2H,1H2. The molecule has 0 nitrogen and oxygen atoms in total. The molecule has 0 bridgehead atoms. The molecule has 0 spiro atoms. The van der Waals surface area contributed by atoms with Gasteiger partial charge in [0.05, 0.1) is 0 Å². The van der Waals surface area contributed by atoms with Gasteiger partial charge in [-0.25, -0.2) is 4.39 Å². The lowest BCUT2D eigenvalue weighted by molar-refractivity contribution is -0.173. The van der Waals surface area contributed by atoms with Crippen molar-refractivity contribution >= 4 is 11.8 Å². The average Bonchev–Trinajstić information content (AvgIpc) is 1.78. The molecule has 74 valence electrons. The number of halogens is 7. The van der Waals surface area contributed by atoms with Crippen LogP contribution in [0.15, 0.2) is 0 Å². The maximum absolute atomic E-state index is 11.8. The van der Waals surface area contributed by atoms with Gasteiger partial charge in [0.2, 0.25) is 6.17 Å². The van der Waals surface area contributed by atoms with Gasteiger partial charge in [-0.05, 0) is 11.8 Å². The summed E-state index contributed by atoms with van der Waals surface area (Å²) in [6.45, 7) is 0. The van der Waals surface area contributed by atoms with E-state index in [2.05, 4.69) is 0 Å². The van der Waals surface area contributed by atoms with E-state index in [4.69, 9.17) is 0 Å². The Labute approximate surface area is 67.1 Å². The summed E-state index contributed by atoms with van der Waals surface area (Å²) >= 11 is -1.03. The molecule has 0 aliphatic carbocycles. The maximum atomic E-state index is 11.8. The van der Waals surface area contributed by atoms with E-state index in [0.717, 1.165) is 0 Å². The minimum absolute atomic E-state index is 1.03. The van der Waals surface area contributed by atoms with Crippen molar-refractivity contribution in [2.75, 3.05) is 5.75 Å². The van der Waals surface area contributed by atoms with Gasteiger partial charge in [-0.1, -0.05) is 0 Å². The second-order valence-corrected chi connectivity index (χ2v) is 2.85. The van der Waals surface area contributed by atoms with Gasteiger partial charge in [0.15, 0.2) is 0 Å². The summed E-state index contributed by atoms with van der Waals surface area (Å²) in [6, 6.07) is 0. The van der Waals surface area contributed by atoms with Gasteiger partial charge in [0.25, 0.3) is 0 Å². The number of thioether (sulfide) groups is 1. The molecule has 1 atom stereocenters. The predicted molar refractivity (Wildman–Crippen MR) is 29.5 cm³/mol. The highest BCUT2D eigenvalue weighted by atomic mass is 32.2. The second kappa shape index (κ2) is 3.71. The molecule has 0 N–H and O–H groups in total. The third-order valence-corrected chi connectivity index (χ3v) is 1.54. The molecule has 0 aromatic carbocycles. The Morgan fingerprint density at radius 1 is 1.00 bits per heavy atom. The van der Waals surface area contributed by atoms with Crippen LogP contribution < -0.4 is 0 Å². The van der Waals surface area contributed by atoms with Crippen LogP contribution in [0.3, 0.4) is 0 Å². The molecule has 0 radical (unpaired) electrons. The predicted octanol–water partition coefficient (Wildman–Crippen LogP) is 3.14. The SMILES string of the molecule is FC(CSC(F)(F)F)C(F)(F)F. The molecule has 8 heteroatoms. The highest BCUT2D eigenvalue weighted by Crippen LogP contribution is 2.34. The zero-order chi connectivity index (χ0) is 9.99. The van der Waals surface area contributed by atoms with E-state index >= 15 is 0 Å². The Hall–Kier alpha value is -0.140. The van der Waals surface area contributed by atoms with Crippen molar-refractivity contribution in [3.05, 3.63) is 0 Å². The van der Waals surface area contributed by atoms with Gasteiger partial charge in [-0.3, -0.25) is 0 Å². The van der Waals surface area contributed by atoms with E-state index in [1.165, 1.54) is 0 Å². The molecule has 0 aromatic rings. The molecule has 0 saturated heterocycles. The summed E-state index contributed by atoms with van der Waals surface area (Å²) < 4.78 is 79.3. The van der Waals surface area contributed by atoms with Crippen LogP contribution in [0, 0.1) is 0 Å². The number of hydrogen-bond acceptors (Lipinski definition) is 1. The minimum atomic E-state index is -5.21. The third-order valence-electron chi connectivity index (χ3n) is 0.748. The lowest BCUT2D eigenvalue weighted by Crippen LogP contribution is -2.27. The lowest BCUT2D eigenvalue weighted by Gasteiger charge is -2.12. The zero-order valence-corrected chi connectivity index (χ0v) is 6.15. The van der Waals surface area contributed by atoms with Crippen LogP contribution in [-0.2, 0) is 0 Å². The first kappa shape index (κ1) is 11.9. The Morgan fingerprint density at radius 3 is 1.67 bits per heavy atom. The van der Waals surface area contributed by atoms with Crippen molar-refractivity contribution in [2.24, 2.45) is 0 Å². The topological polar surface area (TPSA) is 0 Å². The number of hydrogen-bond donors (Lipinski definition) is 0. The smallest absolute Gasteiger partial charge is 0.237 e. The van der Waals surface area contributed by atoms with E-state index in [-0.39, 0.29) is 0 Å². The van der Waals surface area contributed by atoms with Gasteiger partial charge in [-0.15, -0.1) is 0 Å². The van der Waals surface area contributed by atoms with E-state index in [1.54, 1.807) is 0 Å². The first-order chi connectivity index (χ1) is 5.13. The quantitative estimate of drug-likeness (QED) is 0.639. The first-order valence-electron chi connectivity index (χ1n) is 2.54. The van der Waals surface area contributed by atoms with E-state index in [9.17, 15) is 30.7 Å². The van der Waals surface area contributed by atoms with Crippen molar-refractivity contribution in [1.29, 1.82) is 0 Å². The third kappa shape index (κ3) is 5.50. The molecule has 1 unspecified atom stereocenters. The van der Waals surface area contributed by atoms with Crippen LogP contribution in [0.4, 0.5) is 30.7 Å². The summed E-state index contributed by atoms with van der Waals surface area (Å²) in [6.07, 6.45) is -8.64. The normalized spacial score (nSPS) is 16.2. The van der Waals surface area contributed by atoms with Gasteiger partial charge < -0.3 is 0 Å². The van der Waals surface area contributed by atoms with Gasteiger partial charge in [-0.2, -0.15) is 26.3 Å². The van der Waals surface area contributed by atoms with Crippen molar-refractivity contribution in [2.45, 2.75) is 17.9 Å². The fraction of sp³-hybridized carbons (Fsp3) is 1.00. The molecule has 0 fully saturated rings. The monoisotopic (exact) mass is 216 g/mol. The Kier molecular flexibility index (Phi) is 3.67. The van der Waals surface area contributed by atoms with Crippen LogP contribution in [0.25, 0.3) is 0 Å². The highest BCUT2D eigenvalue weighted by molar-refractivity contribution is 8.00. The molecule has 0 aliphatic heterocycles. The summed E-state index contributed by atoms with van der Waals surface area (Å²) in [7, 11) is 0. The molecule has 12 heavy (non-hydrogen) atoms. The minimum Gasteiger partial charge on any atom is -0.237 e. The molecule has 0 rings (SSSR count). The van der Waals surface area contributed by atoms with Crippen molar-refractivity contribution in [3.63, 3.8) is 0 Å². The van der Waals surface area contributed by atoms with Crippen molar-refractivity contribution in [3.8, 4) is 0 Å². The Morgan fingerprint density at radius 2 is 1.42 bits per heavy atom. The molecule has 0 aromatic heterocycles. The fourth-order valence-corrected chi connectivity index (χ4v) is 0.786. The fourth-order valence-electron chi connectivity index (χ4n) is 0.262. The van der Waals surface area contributed by atoms with E-state index in [0.29, 0.717) is 0 Å². The largest absolute Gasteiger partial charge is 0.441 e. The van der Waals surface area contributed by atoms with E-state index < -0.39 is 35.4 Å². The maximum Gasteiger partial charge on any atom is 0.441 e. The van der Waals surface area contributed by atoms with Crippen LogP contribution in [0.5, 0.6) is 0 Å². The lowest BCUT2D eigenvalue weighted by atomic mass is 10.4.